The fourth-order valence-corrected chi connectivity index (χ4v) is 2.36. The Kier molecular flexibility index (Phi) is 0.962. The predicted molar refractivity (Wildman–Crippen MR) is 40.0 cm³/mol. The van der Waals surface area contributed by atoms with E-state index in [-0.39, 0.29) is 0 Å². The lowest BCUT2D eigenvalue weighted by Crippen LogP contribution is -1.95. The summed E-state index contributed by atoms with van der Waals surface area (Å²) in [5.74, 6) is 2.80. The molecule has 2 unspecified atom stereocenters. The highest BCUT2D eigenvalue weighted by atomic mass is 15.3. The van der Waals surface area contributed by atoms with Gasteiger partial charge in [0.05, 0.1) is 11.9 Å². The van der Waals surface area contributed by atoms with Crippen molar-refractivity contribution in [1.29, 1.82) is 0 Å². The maximum absolute atomic E-state index is 4.12. The van der Waals surface area contributed by atoms with Crippen LogP contribution in [0.4, 0.5) is 0 Å². The normalized spacial score (nSPS) is 40.5. The van der Waals surface area contributed by atoms with Crippen molar-refractivity contribution in [2.45, 2.75) is 25.2 Å². The predicted octanol–water partition coefficient (Wildman–Crippen LogP) is 1.32. The van der Waals surface area contributed by atoms with Crippen molar-refractivity contribution in [3.05, 3.63) is 11.9 Å². The summed E-state index contributed by atoms with van der Waals surface area (Å²) in [5, 5.41) is 10.6. The van der Waals surface area contributed by atoms with Crippen LogP contribution in [0.15, 0.2) is 6.20 Å². The minimum Gasteiger partial charge on any atom is -0.198 e. The van der Waals surface area contributed by atoms with Gasteiger partial charge in [0.25, 0.3) is 0 Å². The number of hydrogen-bond acceptors (Lipinski definition) is 2. The lowest BCUT2D eigenvalue weighted by Gasteiger charge is -2.05. The smallest absolute Gasteiger partial charge is 0.0855 e. The molecule has 0 spiro atoms. The van der Waals surface area contributed by atoms with Crippen LogP contribution >= 0.6 is 0 Å². The van der Waals surface area contributed by atoms with Crippen molar-refractivity contribution >= 4 is 0 Å². The fourth-order valence-electron chi connectivity index (χ4n) is 2.36. The molecule has 0 amide bonds. The van der Waals surface area contributed by atoms with Crippen molar-refractivity contribution in [3.8, 4) is 0 Å². The number of nitrogens with zero attached hydrogens (tertiary/aromatic N) is 2. The number of rotatable bonds is 1. The summed E-state index contributed by atoms with van der Waals surface area (Å²) in [5.41, 5.74) is 1.18. The van der Waals surface area contributed by atoms with Crippen molar-refractivity contribution in [3.63, 3.8) is 0 Å². The summed E-state index contributed by atoms with van der Waals surface area (Å²) in [6.45, 7) is 0. The molecule has 11 heavy (non-hydrogen) atoms. The van der Waals surface area contributed by atoms with Gasteiger partial charge in [-0.3, -0.25) is 0 Å². The van der Waals surface area contributed by atoms with Crippen molar-refractivity contribution in [2.24, 2.45) is 11.8 Å². The van der Waals surface area contributed by atoms with Crippen molar-refractivity contribution in [1.82, 2.24) is 15.4 Å². The van der Waals surface area contributed by atoms with Crippen LogP contribution in [-0.4, -0.2) is 15.4 Å². The molecule has 2 fully saturated rings. The SMILES string of the molecule is c1n[nH]nc1C1CC2CC2C1. The third kappa shape index (κ3) is 0.800. The zero-order valence-corrected chi connectivity index (χ0v) is 6.33. The maximum Gasteiger partial charge on any atom is 0.0855 e. The van der Waals surface area contributed by atoms with E-state index in [1.807, 2.05) is 6.20 Å². The Balaban J connectivity index is 1.81. The van der Waals surface area contributed by atoms with Crippen LogP contribution < -0.4 is 0 Å². The molecule has 2 aliphatic carbocycles. The van der Waals surface area contributed by atoms with Gasteiger partial charge in [0.1, 0.15) is 0 Å². The lowest BCUT2D eigenvalue weighted by molar-refractivity contribution is 0.606. The van der Waals surface area contributed by atoms with Gasteiger partial charge >= 0.3 is 0 Å². The summed E-state index contributed by atoms with van der Waals surface area (Å²) < 4.78 is 0. The van der Waals surface area contributed by atoms with Gasteiger partial charge in [-0.2, -0.15) is 15.4 Å². The highest BCUT2D eigenvalue weighted by Crippen LogP contribution is 2.56. The second-order valence-corrected chi connectivity index (χ2v) is 3.82. The van der Waals surface area contributed by atoms with Gasteiger partial charge in [0.15, 0.2) is 0 Å². The average molecular weight is 149 g/mol. The monoisotopic (exact) mass is 149 g/mol. The Morgan fingerprint density at radius 3 is 2.73 bits per heavy atom. The molecule has 2 saturated carbocycles. The van der Waals surface area contributed by atoms with Crippen molar-refractivity contribution in [2.75, 3.05) is 0 Å². The Morgan fingerprint density at radius 1 is 1.27 bits per heavy atom. The van der Waals surface area contributed by atoms with E-state index >= 15 is 0 Å². The highest BCUT2D eigenvalue weighted by molar-refractivity contribution is 5.10. The summed E-state index contributed by atoms with van der Waals surface area (Å²) in [4.78, 5) is 0. The van der Waals surface area contributed by atoms with Gasteiger partial charge in [-0.15, -0.1) is 0 Å². The van der Waals surface area contributed by atoms with E-state index in [0.717, 1.165) is 17.8 Å². The van der Waals surface area contributed by atoms with E-state index in [0.29, 0.717) is 0 Å². The van der Waals surface area contributed by atoms with E-state index in [4.69, 9.17) is 0 Å². The number of hydrogen-bond donors (Lipinski definition) is 1. The minimum absolute atomic E-state index is 0.720. The van der Waals surface area contributed by atoms with Crippen LogP contribution in [0.25, 0.3) is 0 Å². The molecule has 3 heteroatoms. The van der Waals surface area contributed by atoms with E-state index in [9.17, 15) is 0 Å². The summed E-state index contributed by atoms with van der Waals surface area (Å²) >= 11 is 0. The third-order valence-corrected chi connectivity index (χ3v) is 3.10. The van der Waals surface area contributed by atoms with Gasteiger partial charge in [-0.05, 0) is 31.1 Å². The topological polar surface area (TPSA) is 41.6 Å². The quantitative estimate of drug-likeness (QED) is 0.654. The van der Waals surface area contributed by atoms with Crippen LogP contribution in [0, 0.1) is 11.8 Å². The van der Waals surface area contributed by atoms with Gasteiger partial charge in [0, 0.05) is 5.92 Å². The number of H-pyrrole nitrogens is 1. The summed E-state index contributed by atoms with van der Waals surface area (Å²) in [6, 6.07) is 0. The average Bonchev–Trinajstić information content (AvgIpc) is 2.60. The van der Waals surface area contributed by atoms with E-state index in [2.05, 4.69) is 15.4 Å². The second kappa shape index (κ2) is 1.84. The minimum atomic E-state index is 0.720. The number of fused-ring (bicyclic) bond motifs is 1. The highest BCUT2D eigenvalue weighted by Gasteiger charge is 2.46. The molecular formula is C8H11N3. The molecular weight excluding hydrogens is 138 g/mol. The van der Waals surface area contributed by atoms with Crippen LogP contribution in [0.5, 0.6) is 0 Å². The first-order chi connectivity index (χ1) is 5.43. The molecule has 1 heterocycles. The maximum atomic E-state index is 4.12. The standard InChI is InChI=1S/C8H11N3/c1-5-2-7(3-6(1)5)8-4-9-11-10-8/h4-7H,1-3H2,(H,9,10,11). The first-order valence-corrected chi connectivity index (χ1v) is 4.29. The largest absolute Gasteiger partial charge is 0.198 e. The summed E-state index contributed by atoms with van der Waals surface area (Å²) in [7, 11) is 0. The van der Waals surface area contributed by atoms with Crippen molar-refractivity contribution < 1.29 is 0 Å². The zero-order chi connectivity index (χ0) is 7.26. The van der Waals surface area contributed by atoms with Gasteiger partial charge in [-0.1, -0.05) is 0 Å². The number of aromatic amines is 1. The molecule has 0 aromatic carbocycles. The molecule has 0 bridgehead atoms. The Morgan fingerprint density at radius 2 is 2.09 bits per heavy atom. The van der Waals surface area contributed by atoms with Crippen LogP contribution in [-0.2, 0) is 0 Å². The molecule has 1 aromatic heterocycles. The Bertz CT molecular complexity index is 244. The molecule has 2 atom stereocenters. The molecule has 0 aliphatic heterocycles. The number of aromatic nitrogens is 3. The van der Waals surface area contributed by atoms with E-state index in [1.54, 1.807) is 0 Å². The lowest BCUT2D eigenvalue weighted by atomic mass is 10.0. The van der Waals surface area contributed by atoms with Gasteiger partial charge < -0.3 is 0 Å². The first-order valence-electron chi connectivity index (χ1n) is 4.29. The fraction of sp³-hybridized carbons (Fsp3) is 0.750. The molecule has 3 nitrogen and oxygen atoms in total. The molecule has 2 aliphatic rings. The van der Waals surface area contributed by atoms with E-state index in [1.165, 1.54) is 25.0 Å². The van der Waals surface area contributed by atoms with Crippen LogP contribution in [0.1, 0.15) is 30.9 Å². The Hall–Kier alpha value is -0.860. The summed E-state index contributed by atoms with van der Waals surface area (Å²) in [6.07, 6.45) is 6.07. The van der Waals surface area contributed by atoms with Crippen LogP contribution in [0.2, 0.25) is 0 Å². The van der Waals surface area contributed by atoms with E-state index < -0.39 is 0 Å². The molecule has 1 N–H and O–H groups in total. The zero-order valence-electron chi connectivity index (χ0n) is 6.33. The van der Waals surface area contributed by atoms with Gasteiger partial charge in [0.2, 0.25) is 0 Å². The molecule has 58 valence electrons. The third-order valence-electron chi connectivity index (χ3n) is 3.10. The second-order valence-electron chi connectivity index (χ2n) is 3.82. The molecule has 0 radical (unpaired) electrons. The Labute approximate surface area is 65.2 Å². The molecule has 0 saturated heterocycles. The van der Waals surface area contributed by atoms with Crippen LogP contribution in [0.3, 0.4) is 0 Å². The molecule has 3 rings (SSSR count). The first kappa shape index (κ1) is 5.75. The molecule has 1 aromatic rings. The van der Waals surface area contributed by atoms with Gasteiger partial charge in [-0.25, -0.2) is 0 Å². The number of nitrogens with one attached hydrogen (secondary N) is 1.